The first-order valence-electron chi connectivity index (χ1n) is 12.8. The number of rotatable bonds is 12. The molecular formula is C31H32N2O6. The van der Waals surface area contributed by atoms with Crippen LogP contribution in [0.15, 0.2) is 91.5 Å². The molecule has 2 atom stereocenters. The fourth-order valence-corrected chi connectivity index (χ4v) is 4.79. The van der Waals surface area contributed by atoms with Gasteiger partial charge in [0, 0.05) is 12.5 Å². The second-order valence-corrected chi connectivity index (χ2v) is 9.35. The number of amides is 2. The summed E-state index contributed by atoms with van der Waals surface area (Å²) in [6.07, 6.45) is -0.140. The molecule has 0 fully saturated rings. The van der Waals surface area contributed by atoms with E-state index in [1.807, 2.05) is 78.9 Å². The molecule has 0 aliphatic heterocycles. The number of alkyl carbamates (subject to hydrolysis) is 1. The lowest BCUT2D eigenvalue weighted by Gasteiger charge is -2.29. The smallest absolute Gasteiger partial charge is 0.407 e. The molecule has 2 amide bonds. The highest BCUT2D eigenvalue weighted by Crippen LogP contribution is 2.44. The van der Waals surface area contributed by atoms with Crippen LogP contribution in [0.2, 0.25) is 0 Å². The summed E-state index contributed by atoms with van der Waals surface area (Å²) in [7, 11) is 0. The van der Waals surface area contributed by atoms with Gasteiger partial charge in [0.1, 0.15) is 19.2 Å². The fraction of sp³-hybridized carbons (Fsp3) is 0.258. The van der Waals surface area contributed by atoms with Gasteiger partial charge in [-0.25, -0.2) is 4.79 Å². The second kappa shape index (κ2) is 12.9. The molecular weight excluding hydrogens is 496 g/mol. The Morgan fingerprint density at radius 3 is 2.15 bits per heavy atom. The van der Waals surface area contributed by atoms with Crippen LogP contribution >= 0.6 is 0 Å². The van der Waals surface area contributed by atoms with Crippen LogP contribution < -0.4 is 5.32 Å². The van der Waals surface area contributed by atoms with Crippen LogP contribution in [0, 0.1) is 0 Å². The molecule has 3 aromatic carbocycles. The van der Waals surface area contributed by atoms with E-state index in [0.29, 0.717) is 0 Å². The first kappa shape index (κ1) is 27.6. The molecule has 2 unspecified atom stereocenters. The number of carbonyl (C=O) groups excluding carboxylic acids is 2. The van der Waals surface area contributed by atoms with E-state index in [9.17, 15) is 19.5 Å². The summed E-state index contributed by atoms with van der Waals surface area (Å²) in [6.45, 7) is 5.01. The Balaban J connectivity index is 1.48. The number of carbonyl (C=O) groups is 3. The standard InChI is InChI=1S/C31H32N2O6/c1-3-17-33(18-28(34)35)30(36)29(21(2)38-19-22-11-5-4-6-12-22)32-31(37)39-20-27-25-15-9-7-13-23(25)24-14-8-10-16-26(24)27/h3-16,21,27,29H,1,17-20H2,2H3,(H,32,37)(H,34,35). The third-order valence-electron chi connectivity index (χ3n) is 6.70. The Morgan fingerprint density at radius 1 is 0.974 bits per heavy atom. The maximum Gasteiger partial charge on any atom is 0.407 e. The summed E-state index contributed by atoms with van der Waals surface area (Å²) in [4.78, 5) is 38.9. The zero-order valence-corrected chi connectivity index (χ0v) is 21.8. The van der Waals surface area contributed by atoms with Crippen molar-refractivity contribution < 1.29 is 29.0 Å². The Bertz CT molecular complexity index is 1280. The summed E-state index contributed by atoms with van der Waals surface area (Å²) >= 11 is 0. The highest BCUT2D eigenvalue weighted by atomic mass is 16.5. The summed E-state index contributed by atoms with van der Waals surface area (Å²) in [6, 6.07) is 24.2. The number of nitrogens with zero attached hydrogens (tertiary/aromatic N) is 1. The summed E-state index contributed by atoms with van der Waals surface area (Å²) in [5, 5.41) is 11.9. The Morgan fingerprint density at radius 2 is 1.56 bits per heavy atom. The molecule has 0 aromatic heterocycles. The molecule has 8 heteroatoms. The van der Waals surface area contributed by atoms with E-state index in [-0.39, 0.29) is 25.7 Å². The summed E-state index contributed by atoms with van der Waals surface area (Å²) in [5.41, 5.74) is 5.23. The van der Waals surface area contributed by atoms with Gasteiger partial charge in [-0.2, -0.15) is 0 Å². The number of hydrogen-bond acceptors (Lipinski definition) is 5. The normalized spacial score (nSPS) is 13.5. The molecule has 1 aliphatic carbocycles. The predicted octanol–water partition coefficient (Wildman–Crippen LogP) is 4.60. The van der Waals surface area contributed by atoms with Crippen molar-refractivity contribution in [1.82, 2.24) is 10.2 Å². The van der Waals surface area contributed by atoms with E-state index in [4.69, 9.17) is 9.47 Å². The van der Waals surface area contributed by atoms with Crippen molar-refractivity contribution in [1.29, 1.82) is 0 Å². The van der Waals surface area contributed by atoms with Crippen LogP contribution in [-0.4, -0.2) is 59.8 Å². The Hall–Kier alpha value is -4.43. The van der Waals surface area contributed by atoms with E-state index < -0.39 is 36.7 Å². The number of benzene rings is 3. The van der Waals surface area contributed by atoms with E-state index in [1.165, 1.54) is 6.08 Å². The highest BCUT2D eigenvalue weighted by Gasteiger charge is 2.34. The van der Waals surface area contributed by atoms with Crippen LogP contribution in [0.5, 0.6) is 0 Å². The average Bonchev–Trinajstić information content (AvgIpc) is 3.27. The molecule has 1 aliphatic rings. The largest absolute Gasteiger partial charge is 0.480 e. The molecule has 0 spiro atoms. The van der Waals surface area contributed by atoms with Gasteiger partial charge in [-0.05, 0) is 34.7 Å². The monoisotopic (exact) mass is 528 g/mol. The van der Waals surface area contributed by atoms with Gasteiger partial charge in [0.25, 0.3) is 0 Å². The van der Waals surface area contributed by atoms with Gasteiger partial charge in [0.15, 0.2) is 0 Å². The summed E-state index contributed by atoms with van der Waals surface area (Å²) < 4.78 is 11.6. The van der Waals surface area contributed by atoms with E-state index in [2.05, 4.69) is 11.9 Å². The minimum atomic E-state index is -1.18. The third-order valence-corrected chi connectivity index (χ3v) is 6.70. The first-order chi connectivity index (χ1) is 18.9. The molecule has 0 heterocycles. The zero-order chi connectivity index (χ0) is 27.8. The molecule has 2 N–H and O–H groups in total. The van der Waals surface area contributed by atoms with Crippen LogP contribution in [0.25, 0.3) is 11.1 Å². The minimum Gasteiger partial charge on any atom is -0.480 e. The Kier molecular flexibility index (Phi) is 9.12. The van der Waals surface area contributed by atoms with Gasteiger partial charge in [0.2, 0.25) is 5.91 Å². The van der Waals surface area contributed by atoms with Gasteiger partial charge in [-0.15, -0.1) is 6.58 Å². The molecule has 0 saturated carbocycles. The quantitative estimate of drug-likeness (QED) is 0.333. The van der Waals surface area contributed by atoms with Gasteiger partial charge in [0.05, 0.1) is 12.7 Å². The first-order valence-corrected chi connectivity index (χ1v) is 12.8. The average molecular weight is 529 g/mol. The number of carboxylic acids is 1. The van der Waals surface area contributed by atoms with Crippen molar-refractivity contribution in [3.63, 3.8) is 0 Å². The lowest BCUT2D eigenvalue weighted by molar-refractivity contribution is -0.146. The number of hydrogen-bond donors (Lipinski definition) is 2. The van der Waals surface area contributed by atoms with Crippen LogP contribution in [0.4, 0.5) is 4.79 Å². The topological polar surface area (TPSA) is 105 Å². The van der Waals surface area contributed by atoms with Crippen LogP contribution in [0.1, 0.15) is 29.5 Å². The van der Waals surface area contributed by atoms with Crippen molar-refractivity contribution in [2.24, 2.45) is 0 Å². The lowest BCUT2D eigenvalue weighted by Crippen LogP contribution is -2.55. The lowest BCUT2D eigenvalue weighted by atomic mass is 9.98. The Labute approximate surface area is 227 Å². The SMILES string of the molecule is C=CCN(CC(=O)O)C(=O)C(NC(=O)OCC1c2ccccc2-c2ccccc21)C(C)OCc1ccccc1. The van der Waals surface area contributed by atoms with E-state index in [1.54, 1.807) is 6.92 Å². The van der Waals surface area contributed by atoms with Gasteiger partial charge in [-0.3, -0.25) is 9.59 Å². The van der Waals surface area contributed by atoms with Crippen molar-refractivity contribution in [2.75, 3.05) is 19.7 Å². The zero-order valence-electron chi connectivity index (χ0n) is 21.8. The predicted molar refractivity (Wildman–Crippen MR) is 147 cm³/mol. The molecule has 0 bridgehead atoms. The molecule has 0 saturated heterocycles. The number of fused-ring (bicyclic) bond motifs is 3. The van der Waals surface area contributed by atoms with Gasteiger partial charge < -0.3 is 24.8 Å². The van der Waals surface area contributed by atoms with Crippen LogP contribution in [-0.2, 0) is 25.7 Å². The second-order valence-electron chi connectivity index (χ2n) is 9.35. The van der Waals surface area contributed by atoms with Crippen molar-refractivity contribution in [3.8, 4) is 11.1 Å². The van der Waals surface area contributed by atoms with Crippen molar-refractivity contribution in [2.45, 2.75) is 31.6 Å². The molecule has 202 valence electrons. The molecule has 8 nitrogen and oxygen atoms in total. The molecule has 0 radical (unpaired) electrons. The number of aliphatic carboxylic acids is 1. The highest BCUT2D eigenvalue weighted by molar-refractivity contribution is 5.89. The maximum atomic E-state index is 13.4. The van der Waals surface area contributed by atoms with Gasteiger partial charge in [-0.1, -0.05) is 84.9 Å². The fourth-order valence-electron chi connectivity index (χ4n) is 4.79. The van der Waals surface area contributed by atoms with Crippen LogP contribution in [0.3, 0.4) is 0 Å². The van der Waals surface area contributed by atoms with Crippen molar-refractivity contribution in [3.05, 3.63) is 108 Å². The van der Waals surface area contributed by atoms with E-state index in [0.717, 1.165) is 32.7 Å². The number of ether oxygens (including phenoxy) is 2. The van der Waals surface area contributed by atoms with E-state index >= 15 is 0 Å². The third kappa shape index (κ3) is 6.72. The molecule has 4 rings (SSSR count). The number of nitrogens with one attached hydrogen (secondary N) is 1. The van der Waals surface area contributed by atoms with Crippen molar-refractivity contribution >= 4 is 18.0 Å². The summed E-state index contributed by atoms with van der Waals surface area (Å²) in [5.74, 6) is -1.93. The molecule has 3 aromatic rings. The number of carboxylic acid groups (broad SMARTS) is 1. The van der Waals surface area contributed by atoms with Gasteiger partial charge >= 0.3 is 12.1 Å². The maximum absolute atomic E-state index is 13.4. The minimum absolute atomic E-state index is 0.000587. The molecule has 39 heavy (non-hydrogen) atoms.